The average molecular weight is 383 g/mol. The van der Waals surface area contributed by atoms with Crippen LogP contribution in [0.15, 0.2) is 42.5 Å². The van der Waals surface area contributed by atoms with Crippen molar-refractivity contribution in [1.82, 2.24) is 5.32 Å². The molecule has 2 aromatic carbocycles. The topological polar surface area (TPSA) is 58.6 Å². The van der Waals surface area contributed by atoms with Crippen LogP contribution in [0.5, 0.6) is 5.75 Å². The molecule has 0 aromatic heterocycles. The number of para-hydroxylation sites is 1. The highest BCUT2D eigenvalue weighted by Crippen LogP contribution is 2.26. The minimum absolute atomic E-state index is 0.0480. The number of anilines is 1. The van der Waals surface area contributed by atoms with Crippen LogP contribution in [0.3, 0.4) is 0 Å². The van der Waals surface area contributed by atoms with Crippen molar-refractivity contribution in [2.75, 3.05) is 25.1 Å². The highest BCUT2D eigenvalue weighted by molar-refractivity contribution is 5.94. The molecule has 0 atom stereocenters. The SMILES string of the molecule is CCc1cccc(C)c1N(CCC(=O)NCCc1cccc(OC)c1)C(C)=O. The van der Waals surface area contributed by atoms with Crippen molar-refractivity contribution in [2.45, 2.75) is 40.0 Å². The third kappa shape index (κ3) is 5.84. The van der Waals surface area contributed by atoms with Gasteiger partial charge in [0.05, 0.1) is 7.11 Å². The highest BCUT2D eigenvalue weighted by Gasteiger charge is 2.18. The van der Waals surface area contributed by atoms with Crippen molar-refractivity contribution in [3.63, 3.8) is 0 Å². The summed E-state index contributed by atoms with van der Waals surface area (Å²) in [5.74, 6) is 0.708. The van der Waals surface area contributed by atoms with Gasteiger partial charge in [0.15, 0.2) is 0 Å². The summed E-state index contributed by atoms with van der Waals surface area (Å²) >= 11 is 0. The molecule has 0 fully saturated rings. The number of ether oxygens (including phenoxy) is 1. The molecule has 150 valence electrons. The number of carbonyl (C=O) groups excluding carboxylic acids is 2. The smallest absolute Gasteiger partial charge is 0.223 e. The molecule has 2 rings (SSSR count). The van der Waals surface area contributed by atoms with Gasteiger partial charge in [0, 0.05) is 32.1 Å². The zero-order valence-electron chi connectivity index (χ0n) is 17.2. The van der Waals surface area contributed by atoms with Crippen molar-refractivity contribution in [3.05, 3.63) is 59.2 Å². The zero-order chi connectivity index (χ0) is 20.5. The Hall–Kier alpha value is -2.82. The van der Waals surface area contributed by atoms with E-state index in [0.717, 1.165) is 41.0 Å². The molecule has 0 bridgehead atoms. The number of amides is 2. The molecule has 0 aliphatic carbocycles. The summed E-state index contributed by atoms with van der Waals surface area (Å²) in [7, 11) is 1.64. The van der Waals surface area contributed by atoms with Crippen LogP contribution >= 0.6 is 0 Å². The van der Waals surface area contributed by atoms with E-state index in [1.807, 2.05) is 49.4 Å². The summed E-state index contributed by atoms with van der Waals surface area (Å²) in [4.78, 5) is 26.2. The van der Waals surface area contributed by atoms with E-state index in [1.54, 1.807) is 18.9 Å². The van der Waals surface area contributed by atoms with Gasteiger partial charge in [-0.3, -0.25) is 9.59 Å². The van der Waals surface area contributed by atoms with Crippen LogP contribution in [0.2, 0.25) is 0 Å². The first-order valence-electron chi connectivity index (χ1n) is 9.72. The van der Waals surface area contributed by atoms with Crippen LogP contribution in [-0.4, -0.2) is 32.0 Å². The van der Waals surface area contributed by atoms with E-state index < -0.39 is 0 Å². The Labute approximate surface area is 167 Å². The third-order valence-corrected chi connectivity index (χ3v) is 4.78. The van der Waals surface area contributed by atoms with E-state index in [0.29, 0.717) is 13.1 Å². The van der Waals surface area contributed by atoms with Gasteiger partial charge in [0.2, 0.25) is 11.8 Å². The maximum absolute atomic E-state index is 12.3. The van der Waals surface area contributed by atoms with Crippen LogP contribution in [0.1, 0.15) is 37.0 Å². The van der Waals surface area contributed by atoms with Crippen molar-refractivity contribution < 1.29 is 14.3 Å². The molecule has 5 heteroatoms. The molecular weight excluding hydrogens is 352 g/mol. The molecule has 0 spiro atoms. The largest absolute Gasteiger partial charge is 0.497 e. The van der Waals surface area contributed by atoms with Gasteiger partial charge in [-0.2, -0.15) is 0 Å². The monoisotopic (exact) mass is 382 g/mol. The number of rotatable bonds is 9. The fourth-order valence-electron chi connectivity index (χ4n) is 3.29. The molecular formula is C23H30N2O3. The number of nitrogens with zero attached hydrogens (tertiary/aromatic N) is 1. The fourth-order valence-corrected chi connectivity index (χ4v) is 3.29. The van der Waals surface area contributed by atoms with Crippen LogP contribution < -0.4 is 15.0 Å². The summed E-state index contributed by atoms with van der Waals surface area (Å²) in [6, 6.07) is 13.8. The van der Waals surface area contributed by atoms with Crippen LogP contribution in [0.25, 0.3) is 0 Å². The standard InChI is InChI=1S/C23H30N2O3/c1-5-20-10-6-8-17(2)23(20)25(18(3)26)15-13-22(27)24-14-12-19-9-7-11-21(16-19)28-4/h6-11,16H,5,12-15H2,1-4H3,(H,24,27). The van der Waals surface area contributed by atoms with E-state index in [4.69, 9.17) is 4.74 Å². The minimum Gasteiger partial charge on any atom is -0.497 e. The minimum atomic E-state index is -0.0548. The van der Waals surface area contributed by atoms with Gasteiger partial charge in [-0.25, -0.2) is 0 Å². The van der Waals surface area contributed by atoms with Gasteiger partial charge in [0.1, 0.15) is 5.75 Å². The van der Waals surface area contributed by atoms with Crippen LogP contribution in [0, 0.1) is 6.92 Å². The maximum atomic E-state index is 12.3. The number of hydrogen-bond acceptors (Lipinski definition) is 3. The normalized spacial score (nSPS) is 10.4. The predicted octanol–water partition coefficient (Wildman–Crippen LogP) is 3.67. The Morgan fingerprint density at radius 3 is 2.57 bits per heavy atom. The second-order valence-corrected chi connectivity index (χ2v) is 6.81. The van der Waals surface area contributed by atoms with Crippen molar-refractivity contribution in [1.29, 1.82) is 0 Å². The first-order valence-corrected chi connectivity index (χ1v) is 9.72. The summed E-state index contributed by atoms with van der Waals surface area (Å²) in [5.41, 5.74) is 4.21. The van der Waals surface area contributed by atoms with E-state index in [1.165, 1.54) is 0 Å². The summed E-state index contributed by atoms with van der Waals surface area (Å²) in [6.45, 7) is 6.54. The average Bonchev–Trinajstić information content (AvgIpc) is 2.69. The van der Waals surface area contributed by atoms with Crippen LogP contribution in [0.4, 0.5) is 5.69 Å². The molecule has 28 heavy (non-hydrogen) atoms. The molecule has 0 aliphatic heterocycles. The highest BCUT2D eigenvalue weighted by atomic mass is 16.5. The van der Waals surface area contributed by atoms with Crippen molar-refractivity contribution in [2.24, 2.45) is 0 Å². The Morgan fingerprint density at radius 2 is 1.89 bits per heavy atom. The molecule has 0 unspecified atom stereocenters. The lowest BCUT2D eigenvalue weighted by Crippen LogP contribution is -2.35. The Bertz CT molecular complexity index is 817. The Balaban J connectivity index is 1.91. The molecule has 2 amide bonds. The van der Waals surface area contributed by atoms with Crippen LogP contribution in [-0.2, 0) is 22.4 Å². The van der Waals surface area contributed by atoms with Crippen molar-refractivity contribution >= 4 is 17.5 Å². The second kappa shape index (κ2) is 10.5. The van der Waals surface area contributed by atoms with Crippen molar-refractivity contribution in [3.8, 4) is 5.75 Å². The zero-order valence-corrected chi connectivity index (χ0v) is 17.2. The quantitative estimate of drug-likeness (QED) is 0.720. The number of carbonyl (C=O) groups is 2. The molecule has 0 saturated carbocycles. The number of aryl methyl sites for hydroxylation is 2. The number of nitrogens with one attached hydrogen (secondary N) is 1. The number of benzene rings is 2. The predicted molar refractivity (Wildman–Crippen MR) is 113 cm³/mol. The lowest BCUT2D eigenvalue weighted by molar-refractivity contribution is -0.121. The third-order valence-electron chi connectivity index (χ3n) is 4.78. The molecule has 0 saturated heterocycles. The lowest BCUT2D eigenvalue weighted by atomic mass is 10.0. The van der Waals surface area contributed by atoms with Gasteiger partial charge in [-0.05, 0) is 48.6 Å². The van der Waals surface area contributed by atoms with E-state index in [9.17, 15) is 9.59 Å². The lowest BCUT2D eigenvalue weighted by Gasteiger charge is -2.25. The van der Waals surface area contributed by atoms with Gasteiger partial charge in [-0.1, -0.05) is 37.3 Å². The Kier molecular flexibility index (Phi) is 8.05. The molecule has 2 aromatic rings. The summed E-state index contributed by atoms with van der Waals surface area (Å²) < 4.78 is 5.22. The summed E-state index contributed by atoms with van der Waals surface area (Å²) in [6.07, 6.45) is 1.85. The van der Waals surface area contributed by atoms with Gasteiger partial charge in [0.25, 0.3) is 0 Å². The number of hydrogen-bond donors (Lipinski definition) is 1. The Morgan fingerprint density at radius 1 is 1.14 bits per heavy atom. The number of methoxy groups -OCH3 is 1. The molecule has 1 N–H and O–H groups in total. The van der Waals surface area contributed by atoms with E-state index in [2.05, 4.69) is 12.2 Å². The maximum Gasteiger partial charge on any atom is 0.223 e. The first kappa shape index (κ1) is 21.5. The van der Waals surface area contributed by atoms with Gasteiger partial charge in [-0.15, -0.1) is 0 Å². The molecule has 0 radical (unpaired) electrons. The fraction of sp³-hybridized carbons (Fsp3) is 0.391. The first-order chi connectivity index (χ1) is 13.5. The molecule has 0 heterocycles. The van der Waals surface area contributed by atoms with E-state index in [-0.39, 0.29) is 18.2 Å². The molecule has 0 aliphatic rings. The van der Waals surface area contributed by atoms with Gasteiger partial charge >= 0.3 is 0 Å². The summed E-state index contributed by atoms with van der Waals surface area (Å²) in [5, 5.41) is 2.94. The van der Waals surface area contributed by atoms with E-state index >= 15 is 0 Å². The second-order valence-electron chi connectivity index (χ2n) is 6.81. The molecule has 5 nitrogen and oxygen atoms in total. The van der Waals surface area contributed by atoms with Gasteiger partial charge < -0.3 is 15.0 Å².